The number of thiophene rings is 1. The monoisotopic (exact) mass is 286 g/mol. The zero-order valence-electron chi connectivity index (χ0n) is 11.5. The van der Waals surface area contributed by atoms with E-state index in [4.69, 9.17) is 10.00 Å². The summed E-state index contributed by atoms with van der Waals surface area (Å²) in [5, 5.41) is 16.3. The molecule has 0 bridgehead atoms. The SMILES string of the molecule is CC(NCCc1ccsc1)c1ccc(OCC#N)cc1. The molecule has 20 heavy (non-hydrogen) atoms. The number of benzene rings is 1. The zero-order valence-corrected chi connectivity index (χ0v) is 12.3. The van der Waals surface area contributed by atoms with Crippen molar-refractivity contribution in [3.63, 3.8) is 0 Å². The molecule has 104 valence electrons. The molecule has 0 saturated carbocycles. The minimum Gasteiger partial charge on any atom is -0.479 e. The average Bonchev–Trinajstić information content (AvgIpc) is 2.99. The Morgan fingerprint density at radius 3 is 2.75 bits per heavy atom. The fourth-order valence-corrected chi connectivity index (χ4v) is 2.66. The van der Waals surface area contributed by atoms with Crippen LogP contribution in [-0.2, 0) is 6.42 Å². The quantitative estimate of drug-likeness (QED) is 0.846. The van der Waals surface area contributed by atoms with E-state index in [2.05, 4.69) is 29.1 Å². The van der Waals surface area contributed by atoms with Crippen LogP contribution in [0.2, 0.25) is 0 Å². The number of hydrogen-bond acceptors (Lipinski definition) is 4. The maximum atomic E-state index is 8.46. The Morgan fingerprint density at radius 2 is 2.10 bits per heavy atom. The van der Waals surface area contributed by atoms with E-state index < -0.39 is 0 Å². The summed E-state index contributed by atoms with van der Waals surface area (Å²) in [6.07, 6.45) is 1.05. The summed E-state index contributed by atoms with van der Waals surface area (Å²) in [7, 11) is 0. The maximum absolute atomic E-state index is 8.46. The number of ether oxygens (including phenoxy) is 1. The average molecular weight is 286 g/mol. The molecule has 1 atom stereocenters. The Morgan fingerprint density at radius 1 is 1.30 bits per heavy atom. The maximum Gasteiger partial charge on any atom is 0.174 e. The lowest BCUT2D eigenvalue weighted by molar-refractivity contribution is 0.368. The lowest BCUT2D eigenvalue weighted by Gasteiger charge is -2.14. The molecule has 0 aliphatic heterocycles. The van der Waals surface area contributed by atoms with E-state index in [0.29, 0.717) is 6.04 Å². The molecule has 4 heteroatoms. The van der Waals surface area contributed by atoms with Gasteiger partial charge in [-0.25, -0.2) is 0 Å². The molecular weight excluding hydrogens is 268 g/mol. The van der Waals surface area contributed by atoms with E-state index >= 15 is 0 Å². The lowest BCUT2D eigenvalue weighted by Crippen LogP contribution is -2.21. The third-order valence-electron chi connectivity index (χ3n) is 3.13. The zero-order chi connectivity index (χ0) is 14.2. The van der Waals surface area contributed by atoms with Crippen molar-refractivity contribution in [3.8, 4) is 11.8 Å². The molecule has 1 aromatic heterocycles. The smallest absolute Gasteiger partial charge is 0.174 e. The van der Waals surface area contributed by atoms with Gasteiger partial charge in [0, 0.05) is 6.04 Å². The second kappa shape index (κ2) is 7.68. The van der Waals surface area contributed by atoms with Gasteiger partial charge in [-0.3, -0.25) is 0 Å². The molecule has 1 N–H and O–H groups in total. The van der Waals surface area contributed by atoms with Crippen molar-refractivity contribution in [2.45, 2.75) is 19.4 Å². The second-order valence-electron chi connectivity index (χ2n) is 4.57. The minimum absolute atomic E-state index is 0.0911. The Hall–Kier alpha value is -1.83. The second-order valence-corrected chi connectivity index (χ2v) is 5.35. The van der Waals surface area contributed by atoms with Crippen LogP contribution in [-0.4, -0.2) is 13.2 Å². The highest BCUT2D eigenvalue weighted by atomic mass is 32.1. The largest absolute Gasteiger partial charge is 0.479 e. The van der Waals surface area contributed by atoms with Crippen LogP contribution in [0, 0.1) is 11.3 Å². The molecule has 0 spiro atoms. The van der Waals surface area contributed by atoms with E-state index in [9.17, 15) is 0 Å². The highest BCUT2D eigenvalue weighted by molar-refractivity contribution is 7.07. The van der Waals surface area contributed by atoms with Gasteiger partial charge < -0.3 is 10.1 Å². The van der Waals surface area contributed by atoms with Gasteiger partial charge in [0.1, 0.15) is 11.8 Å². The molecule has 0 aliphatic rings. The number of rotatable bonds is 7. The Labute approximate surface area is 123 Å². The molecule has 0 fully saturated rings. The molecule has 2 rings (SSSR count). The number of nitrogens with zero attached hydrogens (tertiary/aromatic N) is 1. The Balaban J connectivity index is 1.79. The van der Waals surface area contributed by atoms with E-state index in [1.807, 2.05) is 30.3 Å². The molecule has 1 aromatic carbocycles. The normalized spacial score (nSPS) is 11.8. The summed E-state index contributed by atoms with van der Waals surface area (Å²) in [5.41, 5.74) is 2.61. The summed E-state index contributed by atoms with van der Waals surface area (Å²) in [5.74, 6) is 0.737. The van der Waals surface area contributed by atoms with Crippen molar-refractivity contribution in [2.75, 3.05) is 13.2 Å². The van der Waals surface area contributed by atoms with Crippen LogP contribution in [0.4, 0.5) is 0 Å². The summed E-state index contributed by atoms with van der Waals surface area (Å²) >= 11 is 1.74. The summed E-state index contributed by atoms with van der Waals surface area (Å²) in [4.78, 5) is 0. The van der Waals surface area contributed by atoms with Gasteiger partial charge in [-0.05, 0) is 60.0 Å². The molecule has 0 radical (unpaired) electrons. The highest BCUT2D eigenvalue weighted by Gasteiger charge is 2.05. The van der Waals surface area contributed by atoms with Crippen LogP contribution in [0.1, 0.15) is 24.1 Å². The first-order valence-corrected chi connectivity index (χ1v) is 7.58. The first kappa shape index (κ1) is 14.6. The molecule has 1 unspecified atom stereocenters. The first-order valence-electron chi connectivity index (χ1n) is 6.64. The number of nitriles is 1. The van der Waals surface area contributed by atoms with Gasteiger partial charge in [0.25, 0.3) is 0 Å². The predicted octanol–water partition coefficient (Wildman–Crippen LogP) is 3.54. The Kier molecular flexibility index (Phi) is 5.60. The van der Waals surface area contributed by atoms with E-state index in [1.54, 1.807) is 11.3 Å². The number of hydrogen-bond donors (Lipinski definition) is 1. The van der Waals surface area contributed by atoms with Gasteiger partial charge in [-0.1, -0.05) is 12.1 Å². The number of nitrogens with one attached hydrogen (secondary N) is 1. The topological polar surface area (TPSA) is 45.0 Å². The lowest BCUT2D eigenvalue weighted by atomic mass is 10.1. The molecule has 2 aromatic rings. The predicted molar refractivity (Wildman–Crippen MR) is 82.0 cm³/mol. The third kappa shape index (κ3) is 4.37. The molecular formula is C16H18N2OS. The van der Waals surface area contributed by atoms with E-state index in [-0.39, 0.29) is 6.61 Å². The highest BCUT2D eigenvalue weighted by Crippen LogP contribution is 2.17. The van der Waals surface area contributed by atoms with Gasteiger partial charge in [0.2, 0.25) is 0 Å². The van der Waals surface area contributed by atoms with Crippen LogP contribution in [0.15, 0.2) is 41.1 Å². The summed E-state index contributed by atoms with van der Waals surface area (Å²) < 4.78 is 5.24. The van der Waals surface area contributed by atoms with Crippen molar-refractivity contribution in [1.29, 1.82) is 5.26 Å². The molecule has 1 heterocycles. The minimum atomic E-state index is 0.0911. The molecule has 3 nitrogen and oxygen atoms in total. The van der Waals surface area contributed by atoms with Crippen LogP contribution >= 0.6 is 11.3 Å². The molecule has 0 amide bonds. The van der Waals surface area contributed by atoms with Crippen LogP contribution in [0.25, 0.3) is 0 Å². The van der Waals surface area contributed by atoms with Gasteiger partial charge >= 0.3 is 0 Å². The van der Waals surface area contributed by atoms with Gasteiger partial charge in [0.05, 0.1) is 0 Å². The van der Waals surface area contributed by atoms with E-state index in [1.165, 1.54) is 11.1 Å². The standard InChI is InChI=1S/C16H18N2OS/c1-13(18-9-6-14-7-11-20-12-14)15-2-4-16(5-3-15)19-10-8-17/h2-5,7,11-13,18H,6,9-10H2,1H3. The van der Waals surface area contributed by atoms with Gasteiger partial charge in [-0.2, -0.15) is 16.6 Å². The van der Waals surface area contributed by atoms with Crippen molar-refractivity contribution in [2.24, 2.45) is 0 Å². The Bertz CT molecular complexity index is 543. The van der Waals surface area contributed by atoms with Crippen molar-refractivity contribution in [1.82, 2.24) is 5.32 Å². The fourth-order valence-electron chi connectivity index (χ4n) is 1.95. The third-order valence-corrected chi connectivity index (χ3v) is 3.86. The summed E-state index contributed by atoms with van der Waals surface area (Å²) in [6, 6.07) is 12.3. The molecule has 0 saturated heterocycles. The van der Waals surface area contributed by atoms with Crippen LogP contribution < -0.4 is 10.1 Å². The van der Waals surface area contributed by atoms with Crippen molar-refractivity contribution < 1.29 is 4.74 Å². The fraction of sp³-hybridized carbons (Fsp3) is 0.312. The van der Waals surface area contributed by atoms with Gasteiger partial charge in [-0.15, -0.1) is 0 Å². The van der Waals surface area contributed by atoms with Crippen molar-refractivity contribution >= 4 is 11.3 Å². The molecule has 0 aliphatic carbocycles. The van der Waals surface area contributed by atoms with E-state index in [0.717, 1.165) is 18.7 Å². The van der Waals surface area contributed by atoms with Crippen LogP contribution in [0.3, 0.4) is 0 Å². The van der Waals surface area contributed by atoms with Crippen molar-refractivity contribution in [3.05, 3.63) is 52.2 Å². The summed E-state index contributed by atoms with van der Waals surface area (Å²) in [6.45, 7) is 3.21. The van der Waals surface area contributed by atoms with Gasteiger partial charge in [0.15, 0.2) is 6.61 Å². The first-order chi connectivity index (χ1) is 9.79. The van der Waals surface area contributed by atoms with Crippen LogP contribution in [0.5, 0.6) is 5.75 Å².